The molecule has 0 aromatic heterocycles. The first-order valence-corrected chi connectivity index (χ1v) is 7.01. The summed E-state index contributed by atoms with van der Waals surface area (Å²) in [6.45, 7) is 0. The van der Waals surface area contributed by atoms with Crippen molar-refractivity contribution < 1.29 is 31.9 Å². The molecule has 21 heavy (non-hydrogen) atoms. The number of urea groups is 1. The van der Waals surface area contributed by atoms with Crippen molar-refractivity contribution in [3.63, 3.8) is 0 Å². The molecule has 11 heteroatoms. The molecule has 0 saturated carbocycles. The van der Waals surface area contributed by atoms with Gasteiger partial charge in [-0.2, -0.15) is 13.2 Å². The second-order valence-corrected chi connectivity index (χ2v) is 5.03. The molecular weight excluding hydrogens is 336 g/mol. The number of benzene rings is 1. The Kier molecular flexibility index (Phi) is 6.03. The Bertz CT molecular complexity index is 543. The third-order valence-electron chi connectivity index (χ3n) is 2.24. The van der Waals surface area contributed by atoms with Gasteiger partial charge in [0.1, 0.15) is 0 Å². The van der Waals surface area contributed by atoms with Gasteiger partial charge in [-0.25, -0.2) is 4.79 Å². The molecule has 2 N–H and O–H groups in total. The molecule has 2 unspecified atom stereocenters. The van der Waals surface area contributed by atoms with Crippen LogP contribution in [0.5, 0.6) is 0 Å². The first-order chi connectivity index (χ1) is 9.61. The Hall–Kier alpha value is -1.28. The van der Waals surface area contributed by atoms with Crippen molar-refractivity contribution in [3.05, 3.63) is 29.3 Å². The molecule has 1 rings (SSSR count). The van der Waals surface area contributed by atoms with Gasteiger partial charge in [0.15, 0.2) is 0 Å². The van der Waals surface area contributed by atoms with E-state index >= 15 is 0 Å². The number of nitrogens with zero attached hydrogens (tertiary/aromatic N) is 1. The van der Waals surface area contributed by atoms with E-state index in [1.807, 2.05) is 0 Å². The predicted molar refractivity (Wildman–Crippen MR) is 70.4 cm³/mol. The third kappa shape index (κ3) is 5.55. The van der Waals surface area contributed by atoms with Crippen LogP contribution in [0.1, 0.15) is 0 Å². The van der Waals surface area contributed by atoms with Crippen LogP contribution >= 0.6 is 19.9 Å². The number of rotatable bonds is 4. The second-order valence-electron chi connectivity index (χ2n) is 3.83. The molecule has 1 aromatic rings. The zero-order valence-electron chi connectivity index (χ0n) is 10.5. The van der Waals surface area contributed by atoms with Crippen molar-refractivity contribution in [2.24, 2.45) is 0 Å². The van der Waals surface area contributed by atoms with E-state index in [4.69, 9.17) is 16.5 Å². The quantitative estimate of drug-likeness (QED) is 0.648. The summed E-state index contributed by atoms with van der Waals surface area (Å²) < 4.78 is 52.4. The van der Waals surface area contributed by atoms with Crippen molar-refractivity contribution in [1.29, 1.82) is 0 Å². The van der Waals surface area contributed by atoms with E-state index in [2.05, 4.69) is 9.84 Å². The Labute approximate surface area is 123 Å². The fourth-order valence-electron chi connectivity index (χ4n) is 1.35. The van der Waals surface area contributed by atoms with Crippen LogP contribution in [0.4, 0.5) is 23.7 Å². The summed E-state index contributed by atoms with van der Waals surface area (Å²) in [5, 5.41) is 2.44. The van der Waals surface area contributed by atoms with Gasteiger partial charge in [0.05, 0.1) is 0 Å². The Morgan fingerprint density at radius 3 is 2.62 bits per heavy atom. The lowest BCUT2D eigenvalue weighted by molar-refractivity contribution is -0.226. The topological polar surface area (TPSA) is 78.9 Å². The van der Waals surface area contributed by atoms with E-state index in [1.165, 1.54) is 24.3 Å². The van der Waals surface area contributed by atoms with Gasteiger partial charge in [-0.3, -0.25) is 14.0 Å². The Balaban J connectivity index is 2.85. The van der Waals surface area contributed by atoms with Gasteiger partial charge in [-0.05, 0) is 18.2 Å². The number of hydrogen-bond donors (Lipinski definition) is 2. The average molecular weight is 347 g/mol. The van der Waals surface area contributed by atoms with Crippen LogP contribution in [0, 0.1) is 0 Å². The molecule has 0 bridgehead atoms. The average Bonchev–Trinajstić information content (AvgIpc) is 2.33. The molecule has 0 aliphatic carbocycles. The first kappa shape index (κ1) is 17.8. The van der Waals surface area contributed by atoms with Crippen LogP contribution in [0.2, 0.25) is 5.02 Å². The Morgan fingerprint density at radius 2 is 2.14 bits per heavy atom. The van der Waals surface area contributed by atoms with E-state index in [9.17, 15) is 22.5 Å². The van der Waals surface area contributed by atoms with E-state index in [0.717, 1.165) is 7.05 Å². The summed E-state index contributed by atoms with van der Waals surface area (Å²) in [7, 11) is -3.10. The van der Waals surface area contributed by atoms with Gasteiger partial charge in [0.25, 0.3) is 0 Å². The molecule has 0 radical (unpaired) electrons. The van der Waals surface area contributed by atoms with Gasteiger partial charge in [-0.1, -0.05) is 17.7 Å². The highest BCUT2D eigenvalue weighted by atomic mass is 35.5. The summed E-state index contributed by atoms with van der Waals surface area (Å²) in [6.07, 6.45) is -7.86. The highest BCUT2D eigenvalue weighted by molar-refractivity contribution is 7.32. The van der Waals surface area contributed by atoms with Crippen LogP contribution in [0.3, 0.4) is 0 Å². The number of halogens is 4. The number of carbonyl (C=O) groups is 1. The van der Waals surface area contributed by atoms with Crippen LogP contribution in [-0.4, -0.2) is 35.3 Å². The summed E-state index contributed by atoms with van der Waals surface area (Å²) >= 11 is 5.67. The van der Waals surface area contributed by atoms with Crippen molar-refractivity contribution in [1.82, 2.24) is 4.90 Å². The highest BCUT2D eigenvalue weighted by Gasteiger charge is 2.46. The molecule has 0 saturated heterocycles. The van der Waals surface area contributed by atoms with Crippen molar-refractivity contribution in [3.8, 4) is 0 Å². The SMILES string of the molecule is CN(C(=O)Nc1cccc(Cl)c1)C(O[PH](=O)O)C(F)(F)F. The molecule has 0 aliphatic rings. The van der Waals surface area contributed by atoms with E-state index in [1.54, 1.807) is 0 Å². The lowest BCUT2D eigenvalue weighted by Crippen LogP contribution is -2.48. The molecule has 0 heterocycles. The number of anilines is 1. The smallest absolute Gasteiger partial charge is 0.326 e. The van der Waals surface area contributed by atoms with Gasteiger partial charge >= 0.3 is 20.5 Å². The Morgan fingerprint density at radius 1 is 1.52 bits per heavy atom. The maximum absolute atomic E-state index is 12.7. The van der Waals surface area contributed by atoms with E-state index in [-0.39, 0.29) is 15.6 Å². The molecule has 6 nitrogen and oxygen atoms in total. The molecule has 118 valence electrons. The highest BCUT2D eigenvalue weighted by Crippen LogP contribution is 2.32. The maximum Gasteiger partial charge on any atom is 0.434 e. The lowest BCUT2D eigenvalue weighted by Gasteiger charge is -2.28. The van der Waals surface area contributed by atoms with Crippen molar-refractivity contribution in [2.45, 2.75) is 12.4 Å². The zero-order chi connectivity index (χ0) is 16.2. The van der Waals surface area contributed by atoms with Crippen molar-refractivity contribution in [2.75, 3.05) is 12.4 Å². The molecule has 2 atom stereocenters. The maximum atomic E-state index is 12.7. The summed E-state index contributed by atoms with van der Waals surface area (Å²) in [4.78, 5) is 20.3. The molecule has 1 aromatic carbocycles. The summed E-state index contributed by atoms with van der Waals surface area (Å²) in [5.41, 5.74) is 0.164. The zero-order valence-corrected chi connectivity index (χ0v) is 12.3. The summed E-state index contributed by atoms with van der Waals surface area (Å²) in [5.74, 6) is 0. The number of carbonyl (C=O) groups excluding carboxylic acids is 1. The number of nitrogens with one attached hydrogen (secondary N) is 1. The van der Waals surface area contributed by atoms with Gasteiger partial charge in [0, 0.05) is 17.8 Å². The number of alkyl halides is 3. The number of hydrogen-bond acceptors (Lipinski definition) is 3. The second kappa shape index (κ2) is 7.13. The normalized spacial score (nSPS) is 14.4. The summed E-state index contributed by atoms with van der Waals surface area (Å²) in [6, 6.07) is 4.56. The minimum absolute atomic E-state index is 0.125. The first-order valence-electron chi connectivity index (χ1n) is 5.37. The molecule has 0 spiro atoms. The van der Waals surface area contributed by atoms with Crippen LogP contribution in [0.25, 0.3) is 0 Å². The third-order valence-corrected chi connectivity index (χ3v) is 2.90. The number of amides is 2. The standard InChI is InChI=1S/C10H11ClF3N2O4P/c1-16(8(10(12,13)14)20-21(18)19)9(17)15-7-4-2-3-6(11)5-7/h2-5,8,21H,1H3,(H,15,17)(H,18,19). The van der Waals surface area contributed by atoms with Gasteiger partial charge in [0.2, 0.25) is 6.23 Å². The minimum Gasteiger partial charge on any atom is -0.326 e. The fourth-order valence-corrected chi connectivity index (χ4v) is 2.02. The van der Waals surface area contributed by atoms with E-state index < -0.39 is 26.7 Å². The van der Waals surface area contributed by atoms with Crippen molar-refractivity contribution >= 4 is 31.6 Å². The molecule has 2 amide bonds. The minimum atomic E-state index is -5.02. The largest absolute Gasteiger partial charge is 0.434 e. The monoisotopic (exact) mass is 346 g/mol. The van der Waals surface area contributed by atoms with Crippen LogP contribution in [0.15, 0.2) is 24.3 Å². The molecule has 0 aliphatic heterocycles. The predicted octanol–water partition coefficient (Wildman–Crippen LogP) is 3.09. The van der Waals surface area contributed by atoms with Crippen LogP contribution < -0.4 is 5.32 Å². The fraction of sp³-hybridized carbons (Fsp3) is 0.300. The van der Waals surface area contributed by atoms with Gasteiger partial charge in [-0.15, -0.1) is 0 Å². The molecular formula is C10H11ClF3N2O4P. The van der Waals surface area contributed by atoms with Crippen LogP contribution in [-0.2, 0) is 9.09 Å². The van der Waals surface area contributed by atoms with Gasteiger partial charge < -0.3 is 10.2 Å². The lowest BCUT2D eigenvalue weighted by atomic mass is 10.3. The molecule has 0 fully saturated rings. The van der Waals surface area contributed by atoms with E-state index in [0.29, 0.717) is 0 Å².